The predicted molar refractivity (Wildman–Crippen MR) is 48.5 cm³/mol. The van der Waals surface area contributed by atoms with E-state index >= 15 is 0 Å². The van der Waals surface area contributed by atoms with Gasteiger partial charge in [0, 0.05) is 9.75 Å². The summed E-state index contributed by atoms with van der Waals surface area (Å²) in [5.74, 6) is 4.52. The highest BCUT2D eigenvalue weighted by Crippen LogP contribution is 2.32. The average molecular weight is 196 g/mol. The van der Waals surface area contributed by atoms with E-state index < -0.39 is 0 Å². The van der Waals surface area contributed by atoms with Gasteiger partial charge in [0.2, 0.25) is 0 Å². The van der Waals surface area contributed by atoms with Crippen LogP contribution < -0.4 is 5.84 Å². The van der Waals surface area contributed by atoms with Crippen LogP contribution in [0.2, 0.25) is 0 Å². The summed E-state index contributed by atoms with van der Waals surface area (Å²) in [6, 6.07) is 0. The first-order valence-corrected chi connectivity index (χ1v) is 4.59. The number of amides is 2. The van der Waals surface area contributed by atoms with Crippen molar-refractivity contribution in [2.45, 2.75) is 13.8 Å². The normalized spacial score (nSPS) is 15.5. The van der Waals surface area contributed by atoms with Crippen LogP contribution in [0.4, 0.5) is 0 Å². The third kappa shape index (κ3) is 0.882. The highest BCUT2D eigenvalue weighted by atomic mass is 32.1. The smallest absolute Gasteiger partial charge is 0.267 e. The standard InChI is InChI=1S/C8H8N2O2S/c1-3-5-6(4(2)13-3)8(12)10(9)7(5)11/h9H2,1-2H3. The van der Waals surface area contributed by atoms with Gasteiger partial charge >= 0.3 is 0 Å². The summed E-state index contributed by atoms with van der Waals surface area (Å²) in [6.07, 6.45) is 0. The van der Waals surface area contributed by atoms with Crippen molar-refractivity contribution in [3.63, 3.8) is 0 Å². The first kappa shape index (κ1) is 8.40. The van der Waals surface area contributed by atoms with Gasteiger partial charge in [0.05, 0.1) is 11.1 Å². The first-order valence-electron chi connectivity index (χ1n) is 3.77. The van der Waals surface area contributed by atoms with Crippen LogP contribution in [-0.2, 0) is 0 Å². The van der Waals surface area contributed by atoms with Crippen molar-refractivity contribution in [2.24, 2.45) is 5.84 Å². The fourth-order valence-electron chi connectivity index (χ4n) is 1.53. The van der Waals surface area contributed by atoms with Gasteiger partial charge in [-0.2, -0.15) is 0 Å². The Morgan fingerprint density at radius 3 is 1.85 bits per heavy atom. The van der Waals surface area contributed by atoms with Crippen molar-refractivity contribution in [1.82, 2.24) is 5.01 Å². The molecule has 1 aliphatic heterocycles. The van der Waals surface area contributed by atoms with E-state index in [0.717, 1.165) is 9.75 Å². The van der Waals surface area contributed by atoms with E-state index in [9.17, 15) is 9.59 Å². The number of rotatable bonds is 0. The lowest BCUT2D eigenvalue weighted by molar-refractivity contribution is 0.0653. The molecule has 0 aromatic carbocycles. The third-order valence-corrected chi connectivity index (χ3v) is 3.15. The molecule has 5 heteroatoms. The van der Waals surface area contributed by atoms with E-state index in [1.165, 1.54) is 11.3 Å². The number of hydrogen-bond donors (Lipinski definition) is 1. The number of nitrogens with two attached hydrogens (primary N) is 1. The molecule has 0 atom stereocenters. The monoisotopic (exact) mass is 196 g/mol. The van der Waals surface area contributed by atoms with E-state index in [4.69, 9.17) is 5.84 Å². The first-order chi connectivity index (χ1) is 6.04. The maximum Gasteiger partial charge on any atom is 0.277 e. The number of nitrogens with zero attached hydrogens (tertiary/aromatic N) is 1. The van der Waals surface area contributed by atoms with Gasteiger partial charge in [0.25, 0.3) is 11.8 Å². The molecule has 0 aliphatic carbocycles. The maximum absolute atomic E-state index is 11.4. The second-order valence-corrected chi connectivity index (χ2v) is 4.37. The van der Waals surface area contributed by atoms with Crippen LogP contribution in [0.3, 0.4) is 0 Å². The van der Waals surface area contributed by atoms with Gasteiger partial charge in [0.1, 0.15) is 0 Å². The lowest BCUT2D eigenvalue weighted by atomic mass is 10.1. The topological polar surface area (TPSA) is 63.4 Å². The lowest BCUT2D eigenvalue weighted by Crippen LogP contribution is -2.36. The van der Waals surface area contributed by atoms with Crippen LogP contribution in [0.25, 0.3) is 0 Å². The van der Waals surface area contributed by atoms with Gasteiger partial charge in [-0.15, -0.1) is 11.3 Å². The van der Waals surface area contributed by atoms with Crippen molar-refractivity contribution in [3.8, 4) is 0 Å². The predicted octanol–water partition coefficient (Wildman–Crippen LogP) is 0.835. The van der Waals surface area contributed by atoms with Crippen LogP contribution >= 0.6 is 11.3 Å². The molecule has 2 amide bonds. The molecule has 0 unspecified atom stereocenters. The Morgan fingerprint density at radius 2 is 1.46 bits per heavy atom. The molecule has 2 heterocycles. The van der Waals surface area contributed by atoms with Crippen molar-refractivity contribution in [1.29, 1.82) is 0 Å². The number of hydrazine groups is 1. The van der Waals surface area contributed by atoms with Gasteiger partial charge in [-0.25, -0.2) is 10.9 Å². The largest absolute Gasteiger partial charge is 0.277 e. The summed E-state index contributed by atoms with van der Waals surface area (Å²) in [6.45, 7) is 3.64. The van der Waals surface area contributed by atoms with E-state index in [0.29, 0.717) is 16.1 Å². The van der Waals surface area contributed by atoms with Gasteiger partial charge in [-0.1, -0.05) is 0 Å². The number of fused-ring (bicyclic) bond motifs is 1. The number of carbonyl (C=O) groups is 2. The molecule has 1 aromatic rings. The molecule has 1 aliphatic rings. The lowest BCUT2D eigenvalue weighted by Gasteiger charge is -2.04. The zero-order valence-electron chi connectivity index (χ0n) is 7.25. The Bertz CT molecular complexity index is 386. The molecule has 0 fully saturated rings. The Labute approximate surface area is 78.9 Å². The molecule has 2 rings (SSSR count). The molecule has 0 saturated carbocycles. The second-order valence-electron chi connectivity index (χ2n) is 2.94. The van der Waals surface area contributed by atoms with Crippen LogP contribution in [0.5, 0.6) is 0 Å². The summed E-state index contributed by atoms with van der Waals surface area (Å²) < 4.78 is 0. The molecule has 2 N–H and O–H groups in total. The summed E-state index contributed by atoms with van der Waals surface area (Å²) in [5, 5.41) is 0.678. The van der Waals surface area contributed by atoms with Crippen LogP contribution in [0.15, 0.2) is 0 Å². The summed E-state index contributed by atoms with van der Waals surface area (Å²) in [4.78, 5) is 24.6. The summed E-state index contributed by atoms with van der Waals surface area (Å²) in [5.41, 5.74) is 0.963. The van der Waals surface area contributed by atoms with Crippen molar-refractivity contribution < 1.29 is 9.59 Å². The molecule has 4 nitrogen and oxygen atoms in total. The van der Waals surface area contributed by atoms with Crippen LogP contribution in [0.1, 0.15) is 30.5 Å². The van der Waals surface area contributed by atoms with Crippen molar-refractivity contribution >= 4 is 23.2 Å². The zero-order chi connectivity index (χ0) is 9.75. The number of hydrogen-bond acceptors (Lipinski definition) is 4. The highest BCUT2D eigenvalue weighted by Gasteiger charge is 2.38. The molecule has 0 radical (unpaired) electrons. The Hall–Kier alpha value is -1.20. The minimum absolute atomic E-state index is 0.387. The number of thiophene rings is 1. The fourth-order valence-corrected chi connectivity index (χ4v) is 2.57. The molecular weight excluding hydrogens is 188 g/mol. The van der Waals surface area contributed by atoms with E-state index in [1.807, 2.05) is 13.8 Å². The third-order valence-electron chi connectivity index (χ3n) is 2.13. The van der Waals surface area contributed by atoms with E-state index in [-0.39, 0.29) is 11.8 Å². The van der Waals surface area contributed by atoms with Gasteiger partial charge in [-0.05, 0) is 13.8 Å². The fraction of sp³-hybridized carbons (Fsp3) is 0.250. The molecule has 1 aromatic heterocycles. The molecule has 0 saturated heterocycles. The number of aryl methyl sites for hydroxylation is 2. The molecular formula is C8H8N2O2S. The molecule has 0 bridgehead atoms. The van der Waals surface area contributed by atoms with Gasteiger partial charge in [-0.3, -0.25) is 9.59 Å². The number of imide groups is 1. The number of carbonyl (C=O) groups excluding carboxylic acids is 2. The summed E-state index contributed by atoms with van der Waals surface area (Å²) >= 11 is 1.46. The average Bonchev–Trinajstić information content (AvgIpc) is 2.47. The Kier molecular flexibility index (Phi) is 1.55. The Balaban J connectivity index is 2.75. The second kappa shape index (κ2) is 2.40. The SMILES string of the molecule is Cc1sc(C)c2c1C(=O)N(N)C2=O. The van der Waals surface area contributed by atoms with Gasteiger partial charge in [0.15, 0.2) is 0 Å². The van der Waals surface area contributed by atoms with Crippen LogP contribution in [0, 0.1) is 13.8 Å². The van der Waals surface area contributed by atoms with Gasteiger partial charge < -0.3 is 0 Å². The Morgan fingerprint density at radius 1 is 1.08 bits per heavy atom. The molecule has 0 spiro atoms. The summed E-state index contributed by atoms with van der Waals surface area (Å²) in [7, 11) is 0. The molecule has 68 valence electrons. The van der Waals surface area contributed by atoms with Crippen molar-refractivity contribution in [3.05, 3.63) is 20.9 Å². The van der Waals surface area contributed by atoms with E-state index in [1.54, 1.807) is 0 Å². The van der Waals surface area contributed by atoms with E-state index in [2.05, 4.69) is 0 Å². The maximum atomic E-state index is 11.4. The zero-order valence-corrected chi connectivity index (χ0v) is 8.07. The van der Waals surface area contributed by atoms with Crippen molar-refractivity contribution in [2.75, 3.05) is 0 Å². The van der Waals surface area contributed by atoms with Crippen LogP contribution in [-0.4, -0.2) is 16.8 Å². The quantitative estimate of drug-likeness (QED) is 0.380. The minimum Gasteiger partial charge on any atom is -0.267 e. The minimum atomic E-state index is -0.387. The molecule has 13 heavy (non-hydrogen) atoms. The highest BCUT2D eigenvalue weighted by molar-refractivity contribution is 7.12.